The van der Waals surface area contributed by atoms with Crippen LogP contribution in [0.25, 0.3) is 0 Å². The quantitative estimate of drug-likeness (QED) is 0.589. The second kappa shape index (κ2) is 10.3. The fraction of sp³-hybridized carbons (Fsp3) is 0.250. The molecule has 0 aliphatic heterocycles. The number of anilines is 1. The minimum absolute atomic E-state index is 0.0584. The smallest absolute Gasteiger partial charge is 0.272 e. The third kappa shape index (κ3) is 5.57. The van der Waals surface area contributed by atoms with Crippen molar-refractivity contribution < 1.29 is 9.53 Å². The molecule has 0 spiro atoms. The molecular formula is C24H27N3O2. The van der Waals surface area contributed by atoms with E-state index < -0.39 is 0 Å². The highest BCUT2D eigenvalue weighted by atomic mass is 16.5. The van der Waals surface area contributed by atoms with Crippen molar-refractivity contribution in [1.82, 2.24) is 9.88 Å². The topological polar surface area (TPSA) is 54.5 Å². The van der Waals surface area contributed by atoms with Crippen LogP contribution >= 0.6 is 0 Å². The van der Waals surface area contributed by atoms with E-state index in [2.05, 4.69) is 16.4 Å². The summed E-state index contributed by atoms with van der Waals surface area (Å²) in [6, 6.07) is 21.7. The van der Waals surface area contributed by atoms with Gasteiger partial charge >= 0.3 is 0 Å². The van der Waals surface area contributed by atoms with Gasteiger partial charge in [0.25, 0.3) is 5.91 Å². The number of rotatable bonds is 9. The van der Waals surface area contributed by atoms with E-state index in [9.17, 15) is 4.79 Å². The number of aromatic nitrogens is 1. The highest BCUT2D eigenvalue weighted by Crippen LogP contribution is 2.18. The van der Waals surface area contributed by atoms with E-state index in [-0.39, 0.29) is 5.91 Å². The number of hydrogen-bond donors (Lipinski definition) is 1. The summed E-state index contributed by atoms with van der Waals surface area (Å²) < 4.78 is 5.38. The first-order chi connectivity index (χ1) is 14.2. The van der Waals surface area contributed by atoms with Gasteiger partial charge in [0.15, 0.2) is 0 Å². The minimum atomic E-state index is -0.0584. The van der Waals surface area contributed by atoms with E-state index in [4.69, 9.17) is 4.74 Å². The lowest BCUT2D eigenvalue weighted by Gasteiger charge is -2.20. The Hall–Kier alpha value is -3.34. The molecule has 1 N–H and O–H groups in total. The number of nitrogens with one attached hydrogen (secondary N) is 1. The largest absolute Gasteiger partial charge is 0.496 e. The molecule has 1 aromatic heterocycles. The Balaban J connectivity index is 1.56. The molecule has 1 heterocycles. The number of pyridine rings is 1. The van der Waals surface area contributed by atoms with Gasteiger partial charge < -0.3 is 15.0 Å². The van der Waals surface area contributed by atoms with Crippen LogP contribution < -0.4 is 10.1 Å². The zero-order valence-corrected chi connectivity index (χ0v) is 17.0. The van der Waals surface area contributed by atoms with Gasteiger partial charge in [0.1, 0.15) is 11.4 Å². The molecule has 0 saturated carbocycles. The number of amides is 1. The van der Waals surface area contributed by atoms with E-state index in [1.807, 2.05) is 61.5 Å². The second-order valence-corrected chi connectivity index (χ2v) is 6.73. The summed E-state index contributed by atoms with van der Waals surface area (Å²) in [6.45, 7) is 3.95. The highest BCUT2D eigenvalue weighted by Gasteiger charge is 2.15. The zero-order chi connectivity index (χ0) is 20.5. The Kier molecular flexibility index (Phi) is 7.22. The molecule has 0 atom stereocenters. The van der Waals surface area contributed by atoms with Crippen molar-refractivity contribution in [2.75, 3.05) is 25.5 Å². The monoisotopic (exact) mass is 389 g/mol. The number of carbonyl (C=O) groups is 1. The SMILES string of the molecule is CCN(Cc1ccccc1)C(=O)c1ccc(NCCc2ccccc2OC)cn1. The first-order valence-electron chi connectivity index (χ1n) is 9.86. The molecule has 3 rings (SSSR count). The highest BCUT2D eigenvalue weighted by molar-refractivity contribution is 5.92. The van der Waals surface area contributed by atoms with E-state index in [0.717, 1.165) is 35.5 Å². The third-order valence-corrected chi connectivity index (χ3v) is 4.78. The summed E-state index contributed by atoms with van der Waals surface area (Å²) in [4.78, 5) is 19.0. The molecule has 0 radical (unpaired) electrons. The van der Waals surface area contributed by atoms with Crippen molar-refractivity contribution in [2.24, 2.45) is 0 Å². The minimum Gasteiger partial charge on any atom is -0.496 e. The Morgan fingerprint density at radius 3 is 2.48 bits per heavy atom. The first kappa shape index (κ1) is 20.4. The van der Waals surface area contributed by atoms with Crippen LogP contribution in [0, 0.1) is 0 Å². The molecule has 29 heavy (non-hydrogen) atoms. The average molecular weight is 389 g/mol. The maximum atomic E-state index is 12.8. The van der Waals surface area contributed by atoms with Crippen LogP contribution in [0.2, 0.25) is 0 Å². The van der Waals surface area contributed by atoms with Crippen molar-refractivity contribution in [2.45, 2.75) is 19.9 Å². The van der Waals surface area contributed by atoms with Gasteiger partial charge in [-0.05, 0) is 42.7 Å². The molecule has 3 aromatic rings. The number of carbonyl (C=O) groups excluding carboxylic acids is 1. The Bertz CT molecular complexity index is 911. The molecule has 0 aliphatic carbocycles. The van der Waals surface area contributed by atoms with Gasteiger partial charge in [-0.25, -0.2) is 4.98 Å². The standard InChI is InChI=1S/C24H27N3O2/c1-3-27(18-19-9-5-4-6-10-19)24(28)22-14-13-21(17-26-22)25-16-15-20-11-7-8-12-23(20)29-2/h4-14,17,25H,3,15-16,18H2,1-2H3. The molecule has 0 fully saturated rings. The van der Waals surface area contributed by atoms with E-state index >= 15 is 0 Å². The number of methoxy groups -OCH3 is 1. The predicted molar refractivity (Wildman–Crippen MR) is 116 cm³/mol. The molecule has 0 unspecified atom stereocenters. The Labute approximate surface area is 172 Å². The molecule has 0 bridgehead atoms. The predicted octanol–water partition coefficient (Wildman–Crippen LogP) is 4.41. The fourth-order valence-corrected chi connectivity index (χ4v) is 3.17. The van der Waals surface area contributed by atoms with Gasteiger partial charge in [0.2, 0.25) is 0 Å². The van der Waals surface area contributed by atoms with Gasteiger partial charge in [0.05, 0.1) is 19.0 Å². The lowest BCUT2D eigenvalue weighted by Crippen LogP contribution is -2.30. The van der Waals surface area contributed by atoms with Crippen LogP contribution in [0.3, 0.4) is 0 Å². The van der Waals surface area contributed by atoms with Gasteiger partial charge in [0, 0.05) is 19.6 Å². The Morgan fingerprint density at radius 2 is 1.79 bits per heavy atom. The van der Waals surface area contributed by atoms with Gasteiger partial charge in [-0.2, -0.15) is 0 Å². The van der Waals surface area contributed by atoms with Crippen molar-refractivity contribution in [1.29, 1.82) is 0 Å². The summed E-state index contributed by atoms with van der Waals surface area (Å²) in [6.07, 6.45) is 2.55. The normalized spacial score (nSPS) is 10.4. The van der Waals surface area contributed by atoms with Crippen molar-refractivity contribution >= 4 is 11.6 Å². The number of ether oxygens (including phenoxy) is 1. The average Bonchev–Trinajstić information content (AvgIpc) is 2.78. The number of hydrogen-bond acceptors (Lipinski definition) is 4. The number of para-hydroxylation sites is 1. The maximum Gasteiger partial charge on any atom is 0.272 e. The lowest BCUT2D eigenvalue weighted by molar-refractivity contribution is 0.0746. The number of nitrogens with zero attached hydrogens (tertiary/aromatic N) is 2. The Morgan fingerprint density at radius 1 is 1.03 bits per heavy atom. The van der Waals surface area contributed by atoms with Crippen LogP contribution in [-0.4, -0.2) is 36.0 Å². The maximum absolute atomic E-state index is 12.8. The lowest BCUT2D eigenvalue weighted by atomic mass is 10.1. The van der Waals surface area contributed by atoms with Gasteiger partial charge in [-0.15, -0.1) is 0 Å². The van der Waals surface area contributed by atoms with Gasteiger partial charge in [-0.1, -0.05) is 48.5 Å². The van der Waals surface area contributed by atoms with Crippen molar-refractivity contribution in [3.05, 3.63) is 89.7 Å². The molecule has 0 aliphatic rings. The molecular weight excluding hydrogens is 362 g/mol. The van der Waals surface area contributed by atoms with Crippen LogP contribution in [0.1, 0.15) is 28.5 Å². The van der Waals surface area contributed by atoms with Crippen LogP contribution in [0.15, 0.2) is 72.9 Å². The summed E-state index contributed by atoms with van der Waals surface area (Å²) in [7, 11) is 1.68. The summed E-state index contributed by atoms with van der Waals surface area (Å²) in [5.74, 6) is 0.836. The molecule has 5 heteroatoms. The number of benzene rings is 2. The van der Waals surface area contributed by atoms with Crippen molar-refractivity contribution in [3.8, 4) is 5.75 Å². The zero-order valence-electron chi connectivity index (χ0n) is 17.0. The first-order valence-corrected chi connectivity index (χ1v) is 9.86. The molecule has 5 nitrogen and oxygen atoms in total. The van der Waals surface area contributed by atoms with Crippen LogP contribution in [0.5, 0.6) is 5.75 Å². The van der Waals surface area contributed by atoms with E-state index in [1.165, 1.54) is 0 Å². The summed E-state index contributed by atoms with van der Waals surface area (Å²) >= 11 is 0. The van der Waals surface area contributed by atoms with Crippen LogP contribution in [-0.2, 0) is 13.0 Å². The van der Waals surface area contributed by atoms with E-state index in [1.54, 1.807) is 24.3 Å². The van der Waals surface area contributed by atoms with E-state index in [0.29, 0.717) is 18.8 Å². The summed E-state index contributed by atoms with van der Waals surface area (Å²) in [5, 5.41) is 3.35. The third-order valence-electron chi connectivity index (χ3n) is 4.78. The fourth-order valence-electron chi connectivity index (χ4n) is 3.17. The summed E-state index contributed by atoms with van der Waals surface area (Å²) in [5.41, 5.74) is 3.61. The molecule has 1 amide bonds. The van der Waals surface area contributed by atoms with Crippen LogP contribution in [0.4, 0.5) is 5.69 Å². The second-order valence-electron chi connectivity index (χ2n) is 6.73. The molecule has 150 valence electrons. The van der Waals surface area contributed by atoms with Gasteiger partial charge in [-0.3, -0.25) is 4.79 Å². The molecule has 0 saturated heterocycles. The van der Waals surface area contributed by atoms with Crippen molar-refractivity contribution in [3.63, 3.8) is 0 Å². The molecule has 2 aromatic carbocycles.